The number of thioether (sulfide) groups is 1. The smallest absolute Gasteiger partial charge is 0.0619 e. The van der Waals surface area contributed by atoms with Gasteiger partial charge in [-0.3, -0.25) is 0 Å². The molecular weight excluding hydrogens is 276 g/mol. The fourth-order valence-electron chi connectivity index (χ4n) is 2.33. The summed E-state index contributed by atoms with van der Waals surface area (Å²) >= 11 is 1.83. The van der Waals surface area contributed by atoms with Crippen molar-refractivity contribution in [2.75, 3.05) is 12.8 Å². The first-order valence-corrected chi connectivity index (χ1v) is 8.67. The van der Waals surface area contributed by atoms with Crippen LogP contribution in [0.15, 0.2) is 61.4 Å². The third-order valence-corrected chi connectivity index (χ3v) is 4.70. The molecule has 21 heavy (non-hydrogen) atoms. The summed E-state index contributed by atoms with van der Waals surface area (Å²) in [7, 11) is 0. The van der Waals surface area contributed by atoms with E-state index in [1.807, 2.05) is 11.8 Å². The molecule has 0 fully saturated rings. The Balaban J connectivity index is 1.88. The van der Waals surface area contributed by atoms with Crippen LogP contribution in [0, 0.1) is 11.3 Å². The zero-order valence-electron chi connectivity index (χ0n) is 13.5. The Kier molecular flexibility index (Phi) is 5.04. The molecule has 0 amide bonds. The van der Waals surface area contributed by atoms with Crippen LogP contribution in [-0.2, 0) is 0 Å². The molecule has 3 heteroatoms. The first kappa shape index (κ1) is 16.0. The van der Waals surface area contributed by atoms with Crippen LogP contribution in [0.5, 0.6) is 0 Å². The molecule has 0 bridgehead atoms. The SMILES string of the molecule is C=C(CN1C=CC(C(C)(C)C)C=C1)N1C=CC(SC)C=C1. The highest BCUT2D eigenvalue weighted by Crippen LogP contribution is 2.30. The lowest BCUT2D eigenvalue weighted by molar-refractivity contribution is 0.329. The number of allylic oxidation sites excluding steroid dienone is 2. The molecule has 0 unspecified atom stereocenters. The molecule has 114 valence electrons. The maximum absolute atomic E-state index is 4.20. The van der Waals surface area contributed by atoms with E-state index in [1.54, 1.807) is 0 Å². The van der Waals surface area contributed by atoms with Crippen LogP contribution >= 0.6 is 11.8 Å². The van der Waals surface area contributed by atoms with Gasteiger partial charge in [0.1, 0.15) is 0 Å². The summed E-state index contributed by atoms with van der Waals surface area (Å²) in [6.07, 6.45) is 19.6. The second-order valence-corrected chi connectivity index (χ2v) is 7.62. The summed E-state index contributed by atoms with van der Waals surface area (Å²) in [5, 5.41) is 0.483. The van der Waals surface area contributed by atoms with Crippen LogP contribution in [0.2, 0.25) is 0 Å². The minimum atomic E-state index is 0.279. The summed E-state index contributed by atoms with van der Waals surface area (Å²) in [4.78, 5) is 4.29. The predicted molar refractivity (Wildman–Crippen MR) is 94.5 cm³/mol. The summed E-state index contributed by atoms with van der Waals surface area (Å²) < 4.78 is 0. The second-order valence-electron chi connectivity index (χ2n) is 6.60. The van der Waals surface area contributed by atoms with Crippen molar-refractivity contribution >= 4 is 11.8 Å². The second kappa shape index (κ2) is 6.61. The van der Waals surface area contributed by atoms with Crippen molar-refractivity contribution < 1.29 is 0 Å². The topological polar surface area (TPSA) is 6.48 Å². The van der Waals surface area contributed by atoms with Crippen molar-refractivity contribution in [3.63, 3.8) is 0 Å². The Morgan fingerprint density at radius 3 is 2.10 bits per heavy atom. The maximum atomic E-state index is 4.20. The Labute approximate surface area is 133 Å². The fraction of sp³-hybridized carbons (Fsp3) is 0.444. The Hall–Kier alpha value is -1.35. The molecule has 0 aromatic rings. The van der Waals surface area contributed by atoms with Gasteiger partial charge in [0.25, 0.3) is 0 Å². The minimum absolute atomic E-state index is 0.279. The van der Waals surface area contributed by atoms with Gasteiger partial charge in [0.2, 0.25) is 0 Å². The molecule has 0 radical (unpaired) electrons. The third kappa shape index (κ3) is 4.31. The molecule has 0 aliphatic carbocycles. The van der Waals surface area contributed by atoms with Crippen molar-refractivity contribution in [3.05, 3.63) is 61.4 Å². The molecule has 0 atom stereocenters. The van der Waals surface area contributed by atoms with Gasteiger partial charge in [-0.1, -0.05) is 51.7 Å². The molecular formula is C18H26N2S. The van der Waals surface area contributed by atoms with E-state index in [1.165, 1.54) is 0 Å². The Morgan fingerprint density at radius 2 is 1.62 bits per heavy atom. The molecule has 0 saturated carbocycles. The van der Waals surface area contributed by atoms with E-state index in [-0.39, 0.29) is 5.41 Å². The van der Waals surface area contributed by atoms with Crippen molar-refractivity contribution in [3.8, 4) is 0 Å². The zero-order chi connectivity index (χ0) is 15.5. The maximum Gasteiger partial charge on any atom is 0.0619 e. The highest BCUT2D eigenvalue weighted by Gasteiger charge is 2.22. The molecule has 2 rings (SSSR count). The molecule has 0 aromatic carbocycles. The van der Waals surface area contributed by atoms with Crippen molar-refractivity contribution in [1.29, 1.82) is 0 Å². The molecule has 2 heterocycles. The highest BCUT2D eigenvalue weighted by atomic mass is 32.2. The number of rotatable bonds is 4. The summed E-state index contributed by atoms with van der Waals surface area (Å²) in [6, 6.07) is 0. The van der Waals surface area contributed by atoms with Gasteiger partial charge in [-0.25, -0.2) is 0 Å². The van der Waals surface area contributed by atoms with Crippen LogP contribution in [0.1, 0.15) is 20.8 Å². The van der Waals surface area contributed by atoms with Crippen LogP contribution < -0.4 is 0 Å². The van der Waals surface area contributed by atoms with Crippen molar-refractivity contribution in [1.82, 2.24) is 9.80 Å². The summed E-state index contributed by atoms with van der Waals surface area (Å²) in [5.74, 6) is 0.499. The average molecular weight is 302 g/mol. The molecule has 0 N–H and O–H groups in total. The molecule has 0 saturated heterocycles. The van der Waals surface area contributed by atoms with E-state index < -0.39 is 0 Å². The Bertz CT molecular complexity index is 466. The summed E-state index contributed by atoms with van der Waals surface area (Å²) in [6.45, 7) is 11.8. The molecule has 2 aliphatic rings. The lowest BCUT2D eigenvalue weighted by atomic mass is 9.80. The van der Waals surface area contributed by atoms with Crippen LogP contribution in [-0.4, -0.2) is 27.9 Å². The third-order valence-electron chi connectivity index (χ3n) is 3.84. The van der Waals surface area contributed by atoms with Gasteiger partial charge in [-0.15, -0.1) is 0 Å². The van der Waals surface area contributed by atoms with Crippen LogP contribution in [0.25, 0.3) is 0 Å². The standard InChI is InChI=1S/C18H26N2S/c1-15(20-12-8-17(21-5)9-13-20)14-19-10-6-16(7-11-19)18(2,3)4/h6-13,16-17H,1,14H2,2-5H3. The Morgan fingerprint density at radius 1 is 1.05 bits per heavy atom. The first-order chi connectivity index (χ1) is 9.90. The lowest BCUT2D eigenvalue weighted by Gasteiger charge is -2.31. The average Bonchev–Trinajstić information content (AvgIpc) is 2.47. The van der Waals surface area contributed by atoms with Gasteiger partial charge < -0.3 is 9.80 Å². The van der Waals surface area contributed by atoms with Crippen molar-refractivity contribution in [2.24, 2.45) is 11.3 Å². The first-order valence-electron chi connectivity index (χ1n) is 7.38. The van der Waals surface area contributed by atoms with Gasteiger partial charge in [-0.05, 0) is 11.7 Å². The van der Waals surface area contributed by atoms with Crippen LogP contribution in [0.4, 0.5) is 0 Å². The molecule has 0 spiro atoms. The monoisotopic (exact) mass is 302 g/mol. The van der Waals surface area contributed by atoms with Gasteiger partial charge in [0, 0.05) is 41.7 Å². The largest absolute Gasteiger partial charge is 0.349 e. The van der Waals surface area contributed by atoms with E-state index in [9.17, 15) is 0 Å². The highest BCUT2D eigenvalue weighted by molar-refractivity contribution is 7.99. The predicted octanol–water partition coefficient (Wildman–Crippen LogP) is 4.58. The van der Waals surface area contributed by atoms with Crippen molar-refractivity contribution in [2.45, 2.75) is 26.0 Å². The summed E-state index contributed by atoms with van der Waals surface area (Å²) in [5.41, 5.74) is 1.35. The van der Waals surface area contributed by atoms with Gasteiger partial charge in [-0.2, -0.15) is 11.8 Å². The fourth-order valence-corrected chi connectivity index (χ4v) is 2.79. The van der Waals surface area contributed by atoms with E-state index in [2.05, 4.69) is 92.5 Å². The van der Waals surface area contributed by atoms with Gasteiger partial charge >= 0.3 is 0 Å². The zero-order valence-corrected chi connectivity index (χ0v) is 14.3. The number of hydrogen-bond donors (Lipinski definition) is 0. The molecule has 2 nitrogen and oxygen atoms in total. The van der Waals surface area contributed by atoms with Crippen LogP contribution in [0.3, 0.4) is 0 Å². The van der Waals surface area contributed by atoms with E-state index in [4.69, 9.17) is 0 Å². The van der Waals surface area contributed by atoms with E-state index in [0.29, 0.717) is 11.2 Å². The van der Waals surface area contributed by atoms with E-state index in [0.717, 1.165) is 12.2 Å². The minimum Gasteiger partial charge on any atom is -0.349 e. The molecule has 0 aromatic heterocycles. The number of hydrogen-bond acceptors (Lipinski definition) is 3. The quantitative estimate of drug-likeness (QED) is 0.750. The number of nitrogens with zero attached hydrogens (tertiary/aromatic N) is 2. The lowest BCUT2D eigenvalue weighted by Crippen LogP contribution is -2.26. The normalized spacial score (nSPS) is 19.6. The van der Waals surface area contributed by atoms with E-state index >= 15 is 0 Å². The van der Waals surface area contributed by atoms with Gasteiger partial charge in [0.15, 0.2) is 0 Å². The van der Waals surface area contributed by atoms with Gasteiger partial charge in [0.05, 0.1) is 6.54 Å². The molecule has 2 aliphatic heterocycles.